The second kappa shape index (κ2) is 5.75. The van der Waals surface area contributed by atoms with Crippen molar-refractivity contribution in [2.75, 3.05) is 18.2 Å². The molecule has 0 atom stereocenters. The summed E-state index contributed by atoms with van der Waals surface area (Å²) in [6.07, 6.45) is 0. The van der Waals surface area contributed by atoms with Gasteiger partial charge in [0.25, 0.3) is 0 Å². The molecule has 0 saturated carbocycles. The summed E-state index contributed by atoms with van der Waals surface area (Å²) >= 11 is 3.65. The molecule has 4 heteroatoms. The van der Waals surface area contributed by atoms with Gasteiger partial charge < -0.3 is 15.8 Å². The van der Waals surface area contributed by atoms with Crippen molar-refractivity contribution in [3.63, 3.8) is 0 Å². The Morgan fingerprint density at radius 2 is 1.70 bits per heavy atom. The molecule has 0 spiro atoms. The topological polar surface area (TPSA) is 47.3 Å². The highest BCUT2D eigenvalue weighted by molar-refractivity contribution is 9.10. The van der Waals surface area contributed by atoms with Crippen LogP contribution >= 0.6 is 15.9 Å². The van der Waals surface area contributed by atoms with Crippen molar-refractivity contribution in [3.8, 4) is 5.75 Å². The van der Waals surface area contributed by atoms with E-state index in [1.807, 2.05) is 24.3 Å². The van der Waals surface area contributed by atoms with Crippen molar-refractivity contribution in [2.24, 2.45) is 0 Å². The summed E-state index contributed by atoms with van der Waals surface area (Å²) in [4.78, 5) is 0. The molecule has 20 heavy (non-hydrogen) atoms. The third-order valence-electron chi connectivity index (χ3n) is 3.59. The Kier molecular flexibility index (Phi) is 4.23. The maximum atomic E-state index is 6.00. The Balaban J connectivity index is 2.60. The SMILES string of the molecule is COc1c(C)c(C)c(Br)c(C)c1Nc1ccccc1N. The lowest BCUT2D eigenvalue weighted by Gasteiger charge is -2.20. The number of para-hydroxylation sites is 2. The average molecular weight is 335 g/mol. The molecule has 2 rings (SSSR count). The van der Waals surface area contributed by atoms with Crippen LogP contribution in [0.2, 0.25) is 0 Å². The fourth-order valence-electron chi connectivity index (χ4n) is 2.23. The van der Waals surface area contributed by atoms with Gasteiger partial charge in [-0.2, -0.15) is 0 Å². The molecule has 0 unspecified atom stereocenters. The van der Waals surface area contributed by atoms with Crippen LogP contribution in [0, 0.1) is 20.8 Å². The first-order valence-electron chi connectivity index (χ1n) is 6.42. The molecule has 0 heterocycles. The molecule has 0 saturated heterocycles. The third-order valence-corrected chi connectivity index (χ3v) is 4.78. The van der Waals surface area contributed by atoms with E-state index >= 15 is 0 Å². The first-order valence-corrected chi connectivity index (χ1v) is 7.21. The number of benzene rings is 2. The molecule has 0 aromatic heterocycles. The monoisotopic (exact) mass is 334 g/mol. The lowest BCUT2D eigenvalue weighted by molar-refractivity contribution is 0.413. The zero-order valence-electron chi connectivity index (χ0n) is 12.2. The van der Waals surface area contributed by atoms with Crippen LogP contribution in [0.15, 0.2) is 28.7 Å². The van der Waals surface area contributed by atoms with Gasteiger partial charge in [0, 0.05) is 4.47 Å². The number of anilines is 3. The molecule has 3 nitrogen and oxygen atoms in total. The van der Waals surface area contributed by atoms with E-state index in [1.165, 1.54) is 5.56 Å². The van der Waals surface area contributed by atoms with E-state index < -0.39 is 0 Å². The molecule has 0 aliphatic rings. The molecule has 0 bridgehead atoms. The number of ether oxygens (including phenoxy) is 1. The van der Waals surface area contributed by atoms with Crippen LogP contribution in [-0.4, -0.2) is 7.11 Å². The summed E-state index contributed by atoms with van der Waals surface area (Å²) in [5, 5.41) is 3.39. The van der Waals surface area contributed by atoms with Gasteiger partial charge in [-0.25, -0.2) is 0 Å². The number of methoxy groups -OCH3 is 1. The van der Waals surface area contributed by atoms with Crippen LogP contribution < -0.4 is 15.8 Å². The van der Waals surface area contributed by atoms with Gasteiger partial charge in [0.2, 0.25) is 0 Å². The molecule has 3 N–H and O–H groups in total. The summed E-state index contributed by atoms with van der Waals surface area (Å²) in [5.41, 5.74) is 11.9. The standard InChI is InChI=1S/C16H19BrN2O/c1-9-10(2)16(20-4)15(11(3)14(9)17)19-13-8-6-5-7-12(13)18/h5-8,19H,18H2,1-4H3. The Morgan fingerprint density at radius 3 is 2.30 bits per heavy atom. The summed E-state index contributed by atoms with van der Waals surface area (Å²) in [7, 11) is 1.69. The van der Waals surface area contributed by atoms with Crippen molar-refractivity contribution in [3.05, 3.63) is 45.4 Å². The van der Waals surface area contributed by atoms with Crippen LogP contribution in [-0.2, 0) is 0 Å². The van der Waals surface area contributed by atoms with Gasteiger partial charge in [0.15, 0.2) is 0 Å². The highest BCUT2D eigenvalue weighted by Crippen LogP contribution is 2.41. The lowest BCUT2D eigenvalue weighted by atomic mass is 10.0. The van der Waals surface area contributed by atoms with E-state index in [0.29, 0.717) is 5.69 Å². The van der Waals surface area contributed by atoms with Gasteiger partial charge in [-0.1, -0.05) is 28.1 Å². The van der Waals surface area contributed by atoms with E-state index in [2.05, 4.69) is 42.0 Å². The Bertz CT molecular complexity index is 653. The van der Waals surface area contributed by atoms with Crippen molar-refractivity contribution < 1.29 is 4.74 Å². The maximum absolute atomic E-state index is 6.00. The predicted molar refractivity (Wildman–Crippen MR) is 89.0 cm³/mol. The van der Waals surface area contributed by atoms with Crippen LogP contribution in [0.3, 0.4) is 0 Å². The Labute approximate surface area is 128 Å². The summed E-state index contributed by atoms with van der Waals surface area (Å²) in [6.45, 7) is 6.19. The molecule has 0 radical (unpaired) electrons. The number of nitrogen functional groups attached to an aromatic ring is 1. The number of halogens is 1. The number of nitrogens with two attached hydrogens (primary N) is 1. The van der Waals surface area contributed by atoms with Gasteiger partial charge in [0.1, 0.15) is 5.75 Å². The van der Waals surface area contributed by atoms with Gasteiger partial charge in [-0.05, 0) is 49.6 Å². The summed E-state index contributed by atoms with van der Waals surface area (Å²) < 4.78 is 6.67. The fraction of sp³-hybridized carbons (Fsp3) is 0.250. The Morgan fingerprint density at radius 1 is 1.05 bits per heavy atom. The fourth-order valence-corrected chi connectivity index (χ4v) is 2.73. The van der Waals surface area contributed by atoms with E-state index in [-0.39, 0.29) is 0 Å². The zero-order chi connectivity index (χ0) is 14.9. The Hall–Kier alpha value is -1.68. The van der Waals surface area contributed by atoms with Crippen LogP contribution in [0.25, 0.3) is 0 Å². The average Bonchev–Trinajstić information content (AvgIpc) is 2.45. The molecule has 0 aliphatic carbocycles. The first-order chi connectivity index (χ1) is 9.47. The molecule has 2 aromatic rings. The normalized spacial score (nSPS) is 10.4. The molecule has 0 fully saturated rings. The minimum absolute atomic E-state index is 0.711. The summed E-state index contributed by atoms with van der Waals surface area (Å²) in [6, 6.07) is 7.70. The van der Waals surface area contributed by atoms with Crippen molar-refractivity contribution in [1.82, 2.24) is 0 Å². The predicted octanol–water partition coefficient (Wildman–Crippen LogP) is 4.71. The summed E-state index contributed by atoms with van der Waals surface area (Å²) in [5.74, 6) is 0.853. The molecule has 0 amide bonds. The molecule has 2 aromatic carbocycles. The highest BCUT2D eigenvalue weighted by Gasteiger charge is 2.17. The molecule has 106 valence electrons. The van der Waals surface area contributed by atoms with Crippen molar-refractivity contribution in [2.45, 2.75) is 20.8 Å². The molecule has 0 aliphatic heterocycles. The van der Waals surface area contributed by atoms with Crippen molar-refractivity contribution >= 4 is 33.0 Å². The lowest BCUT2D eigenvalue weighted by Crippen LogP contribution is -2.03. The van der Waals surface area contributed by atoms with E-state index in [4.69, 9.17) is 10.5 Å². The third kappa shape index (κ3) is 2.48. The second-order valence-corrected chi connectivity index (χ2v) is 5.60. The largest absolute Gasteiger partial charge is 0.494 e. The van der Waals surface area contributed by atoms with Gasteiger partial charge in [-0.3, -0.25) is 0 Å². The van der Waals surface area contributed by atoms with Crippen LogP contribution in [0.4, 0.5) is 17.1 Å². The number of hydrogen-bond donors (Lipinski definition) is 2. The zero-order valence-corrected chi connectivity index (χ0v) is 13.8. The number of hydrogen-bond acceptors (Lipinski definition) is 3. The maximum Gasteiger partial charge on any atom is 0.145 e. The van der Waals surface area contributed by atoms with E-state index in [0.717, 1.165) is 32.7 Å². The minimum Gasteiger partial charge on any atom is -0.494 e. The van der Waals surface area contributed by atoms with E-state index in [9.17, 15) is 0 Å². The van der Waals surface area contributed by atoms with Crippen LogP contribution in [0.1, 0.15) is 16.7 Å². The number of nitrogens with one attached hydrogen (secondary N) is 1. The van der Waals surface area contributed by atoms with Gasteiger partial charge in [0.05, 0.1) is 24.2 Å². The van der Waals surface area contributed by atoms with E-state index in [1.54, 1.807) is 7.11 Å². The minimum atomic E-state index is 0.711. The van der Waals surface area contributed by atoms with Crippen molar-refractivity contribution in [1.29, 1.82) is 0 Å². The number of rotatable bonds is 3. The molecular weight excluding hydrogens is 316 g/mol. The van der Waals surface area contributed by atoms with Crippen LogP contribution in [0.5, 0.6) is 5.75 Å². The smallest absolute Gasteiger partial charge is 0.145 e. The van der Waals surface area contributed by atoms with Gasteiger partial charge in [-0.15, -0.1) is 0 Å². The first kappa shape index (κ1) is 14.7. The second-order valence-electron chi connectivity index (χ2n) is 4.81. The quantitative estimate of drug-likeness (QED) is 0.799. The highest BCUT2D eigenvalue weighted by atomic mass is 79.9. The van der Waals surface area contributed by atoms with Gasteiger partial charge >= 0.3 is 0 Å². The molecular formula is C16H19BrN2O.